The van der Waals surface area contributed by atoms with E-state index in [2.05, 4.69) is 22.2 Å². The molecular formula is C19H14ClN3O. The van der Waals surface area contributed by atoms with Crippen molar-refractivity contribution in [3.05, 3.63) is 83.0 Å². The van der Waals surface area contributed by atoms with Gasteiger partial charge in [-0.1, -0.05) is 41.9 Å². The van der Waals surface area contributed by atoms with Crippen molar-refractivity contribution in [1.82, 2.24) is 14.8 Å². The predicted octanol–water partition coefficient (Wildman–Crippen LogP) is 4.90. The van der Waals surface area contributed by atoms with Crippen LogP contribution in [0, 0.1) is 0 Å². The van der Waals surface area contributed by atoms with Crippen LogP contribution in [0.4, 0.5) is 0 Å². The molecule has 0 aliphatic rings. The largest absolute Gasteiger partial charge is 0.437 e. The fraction of sp³-hybridized carbons (Fsp3) is 0.0526. The van der Waals surface area contributed by atoms with Crippen LogP contribution in [0.1, 0.15) is 17.0 Å². The van der Waals surface area contributed by atoms with E-state index in [0.29, 0.717) is 10.9 Å². The van der Waals surface area contributed by atoms with Gasteiger partial charge in [0.1, 0.15) is 5.52 Å². The lowest BCUT2D eigenvalue weighted by Gasteiger charge is -2.00. The zero-order valence-corrected chi connectivity index (χ0v) is 13.5. The normalized spacial score (nSPS) is 11.5. The Morgan fingerprint density at radius 1 is 1.08 bits per heavy atom. The van der Waals surface area contributed by atoms with Gasteiger partial charge in [-0.3, -0.25) is 4.68 Å². The second-order valence-electron chi connectivity index (χ2n) is 5.45. The van der Waals surface area contributed by atoms with Crippen molar-refractivity contribution in [2.24, 2.45) is 0 Å². The molecule has 0 spiro atoms. The molecule has 0 N–H and O–H groups in total. The third kappa shape index (κ3) is 3.24. The molecule has 0 aliphatic heterocycles. The minimum Gasteiger partial charge on any atom is -0.437 e. The first-order valence-electron chi connectivity index (χ1n) is 7.57. The van der Waals surface area contributed by atoms with E-state index in [9.17, 15) is 0 Å². The summed E-state index contributed by atoms with van der Waals surface area (Å²) in [4.78, 5) is 4.40. The highest BCUT2D eigenvalue weighted by Crippen LogP contribution is 2.21. The Bertz CT molecular complexity index is 1000. The zero-order chi connectivity index (χ0) is 16.4. The quantitative estimate of drug-likeness (QED) is 0.533. The van der Waals surface area contributed by atoms with Gasteiger partial charge in [-0.25, -0.2) is 4.98 Å². The van der Waals surface area contributed by atoms with Crippen molar-refractivity contribution in [2.75, 3.05) is 0 Å². The molecular weight excluding hydrogens is 322 g/mol. The lowest BCUT2D eigenvalue weighted by atomic mass is 10.2. The molecule has 2 aromatic carbocycles. The van der Waals surface area contributed by atoms with Crippen molar-refractivity contribution in [2.45, 2.75) is 6.54 Å². The van der Waals surface area contributed by atoms with Gasteiger partial charge in [0, 0.05) is 22.9 Å². The van der Waals surface area contributed by atoms with Gasteiger partial charge in [0.25, 0.3) is 0 Å². The SMILES string of the molecule is Clc1ccc2oc(C=Cc3cnn(Cc4ccccc4)c3)nc2c1. The summed E-state index contributed by atoms with van der Waals surface area (Å²) in [6, 6.07) is 15.6. The second kappa shape index (κ2) is 6.34. The zero-order valence-electron chi connectivity index (χ0n) is 12.8. The summed E-state index contributed by atoms with van der Waals surface area (Å²) in [6.45, 7) is 0.746. The van der Waals surface area contributed by atoms with E-state index < -0.39 is 0 Å². The first kappa shape index (κ1) is 14.7. The molecule has 0 bridgehead atoms. The Labute approximate surface area is 144 Å². The van der Waals surface area contributed by atoms with Gasteiger partial charge in [0.2, 0.25) is 5.89 Å². The van der Waals surface area contributed by atoms with Crippen LogP contribution in [0.25, 0.3) is 23.3 Å². The van der Waals surface area contributed by atoms with E-state index in [4.69, 9.17) is 16.0 Å². The number of aromatic nitrogens is 3. The van der Waals surface area contributed by atoms with Gasteiger partial charge in [-0.2, -0.15) is 5.10 Å². The van der Waals surface area contributed by atoms with Crippen LogP contribution in [0.2, 0.25) is 5.02 Å². The van der Waals surface area contributed by atoms with E-state index in [-0.39, 0.29) is 0 Å². The average Bonchev–Trinajstić information content (AvgIpc) is 3.20. The summed E-state index contributed by atoms with van der Waals surface area (Å²) in [5, 5.41) is 5.02. The van der Waals surface area contributed by atoms with Crippen molar-refractivity contribution in [1.29, 1.82) is 0 Å². The Balaban J connectivity index is 1.51. The number of hydrogen-bond donors (Lipinski definition) is 0. The third-order valence-electron chi connectivity index (χ3n) is 3.63. The molecule has 0 amide bonds. The van der Waals surface area contributed by atoms with Crippen LogP contribution in [0.5, 0.6) is 0 Å². The van der Waals surface area contributed by atoms with Crippen LogP contribution < -0.4 is 0 Å². The number of nitrogens with zero attached hydrogens (tertiary/aromatic N) is 3. The molecule has 4 aromatic rings. The monoisotopic (exact) mass is 335 g/mol. The number of hydrogen-bond acceptors (Lipinski definition) is 3. The van der Waals surface area contributed by atoms with Crippen molar-refractivity contribution in [3.63, 3.8) is 0 Å². The maximum absolute atomic E-state index is 5.96. The van der Waals surface area contributed by atoms with E-state index in [1.165, 1.54) is 5.56 Å². The molecule has 2 heterocycles. The van der Waals surface area contributed by atoms with Gasteiger partial charge in [0.05, 0.1) is 12.7 Å². The highest BCUT2D eigenvalue weighted by molar-refractivity contribution is 6.31. The van der Waals surface area contributed by atoms with Crippen LogP contribution in [0.3, 0.4) is 0 Å². The molecule has 118 valence electrons. The maximum atomic E-state index is 5.96. The molecule has 24 heavy (non-hydrogen) atoms. The Morgan fingerprint density at radius 2 is 1.96 bits per heavy atom. The van der Waals surface area contributed by atoms with Crippen molar-refractivity contribution in [3.8, 4) is 0 Å². The smallest absolute Gasteiger partial charge is 0.220 e. The first-order valence-corrected chi connectivity index (χ1v) is 7.95. The Morgan fingerprint density at radius 3 is 2.83 bits per heavy atom. The van der Waals surface area contributed by atoms with Gasteiger partial charge in [-0.15, -0.1) is 0 Å². The molecule has 0 unspecified atom stereocenters. The molecule has 5 heteroatoms. The highest BCUT2D eigenvalue weighted by atomic mass is 35.5. The minimum atomic E-state index is 0.545. The molecule has 0 saturated carbocycles. The topological polar surface area (TPSA) is 43.9 Å². The van der Waals surface area contributed by atoms with Crippen LogP contribution in [0.15, 0.2) is 65.3 Å². The van der Waals surface area contributed by atoms with Gasteiger partial charge >= 0.3 is 0 Å². The highest BCUT2D eigenvalue weighted by Gasteiger charge is 2.04. The number of halogens is 1. The van der Waals surface area contributed by atoms with Crippen LogP contribution in [-0.4, -0.2) is 14.8 Å². The standard InChI is InChI=1S/C19H14ClN3O/c20-16-7-8-18-17(10-16)22-19(24-18)9-6-15-11-21-23(13-15)12-14-4-2-1-3-5-14/h1-11,13H,12H2. The lowest BCUT2D eigenvalue weighted by molar-refractivity contribution is 0.589. The second-order valence-corrected chi connectivity index (χ2v) is 5.89. The fourth-order valence-corrected chi connectivity index (χ4v) is 2.65. The lowest BCUT2D eigenvalue weighted by Crippen LogP contribution is -1.99. The summed E-state index contributed by atoms with van der Waals surface area (Å²) >= 11 is 5.96. The Kier molecular flexibility index (Phi) is 3.89. The molecule has 0 radical (unpaired) electrons. The summed E-state index contributed by atoms with van der Waals surface area (Å²) in [6.07, 6.45) is 7.57. The van der Waals surface area contributed by atoms with Gasteiger partial charge in [-0.05, 0) is 29.8 Å². The molecule has 0 aliphatic carbocycles. The molecule has 4 nitrogen and oxygen atoms in total. The number of fused-ring (bicyclic) bond motifs is 1. The van der Waals surface area contributed by atoms with Gasteiger partial charge in [0.15, 0.2) is 5.58 Å². The minimum absolute atomic E-state index is 0.545. The summed E-state index contributed by atoms with van der Waals surface area (Å²) in [5.41, 5.74) is 3.68. The molecule has 0 saturated heterocycles. The van der Waals surface area contributed by atoms with Crippen molar-refractivity contribution >= 4 is 34.9 Å². The summed E-state index contributed by atoms with van der Waals surface area (Å²) in [7, 11) is 0. The first-order chi connectivity index (χ1) is 11.8. The fourth-order valence-electron chi connectivity index (χ4n) is 2.48. The predicted molar refractivity (Wildman–Crippen MR) is 95.7 cm³/mol. The van der Waals surface area contributed by atoms with Gasteiger partial charge < -0.3 is 4.42 Å². The summed E-state index contributed by atoms with van der Waals surface area (Å²) in [5.74, 6) is 0.545. The van der Waals surface area contributed by atoms with E-state index in [1.54, 1.807) is 12.1 Å². The maximum Gasteiger partial charge on any atom is 0.220 e. The molecule has 4 rings (SSSR count). The Hall–Kier alpha value is -2.85. The van der Waals surface area contributed by atoms with Crippen LogP contribution >= 0.6 is 11.6 Å². The van der Waals surface area contributed by atoms with E-state index in [0.717, 1.165) is 23.2 Å². The molecule has 2 aromatic heterocycles. The summed E-state index contributed by atoms with van der Waals surface area (Å²) < 4.78 is 7.57. The molecule has 0 atom stereocenters. The number of benzene rings is 2. The van der Waals surface area contributed by atoms with Crippen LogP contribution in [-0.2, 0) is 6.54 Å². The molecule has 0 fully saturated rings. The van der Waals surface area contributed by atoms with E-state index >= 15 is 0 Å². The third-order valence-corrected chi connectivity index (χ3v) is 3.86. The van der Waals surface area contributed by atoms with E-state index in [1.807, 2.05) is 53.5 Å². The van der Waals surface area contributed by atoms with Crippen molar-refractivity contribution < 1.29 is 4.42 Å². The average molecular weight is 336 g/mol. The number of oxazole rings is 1. The number of rotatable bonds is 4.